The van der Waals surface area contributed by atoms with Crippen molar-refractivity contribution in [3.63, 3.8) is 0 Å². The lowest BCUT2D eigenvalue weighted by Crippen LogP contribution is -2.51. The quantitative estimate of drug-likeness (QED) is 0.581. The number of carbonyl (C=O) groups is 1. The summed E-state index contributed by atoms with van der Waals surface area (Å²) in [6.07, 6.45) is 13.7. The van der Waals surface area contributed by atoms with Crippen LogP contribution in [0.3, 0.4) is 0 Å². The van der Waals surface area contributed by atoms with Gasteiger partial charge >= 0.3 is 0 Å². The van der Waals surface area contributed by atoms with Gasteiger partial charge in [-0.3, -0.25) is 4.79 Å². The molecule has 0 N–H and O–H groups in total. The van der Waals surface area contributed by atoms with Gasteiger partial charge in [0.25, 0.3) is 0 Å². The number of carbonyl (C=O) groups excluding carboxylic acids is 1. The summed E-state index contributed by atoms with van der Waals surface area (Å²) in [5.41, 5.74) is 2.79. The maximum atomic E-state index is 11.9. The first-order valence-corrected chi connectivity index (χ1v) is 9.71. The fourth-order valence-electron chi connectivity index (χ4n) is 7.08. The van der Waals surface area contributed by atoms with E-state index in [-0.39, 0.29) is 0 Å². The van der Waals surface area contributed by atoms with Crippen LogP contribution in [0.4, 0.5) is 0 Å². The van der Waals surface area contributed by atoms with Crippen LogP contribution in [0.1, 0.15) is 78.6 Å². The lowest BCUT2D eigenvalue weighted by atomic mass is 9.46. The summed E-state index contributed by atoms with van der Waals surface area (Å²) >= 11 is 0. The van der Waals surface area contributed by atoms with Crippen molar-refractivity contribution in [3.05, 3.63) is 11.6 Å². The molecule has 0 saturated heterocycles. The van der Waals surface area contributed by atoms with Gasteiger partial charge in [-0.2, -0.15) is 0 Å². The van der Waals surface area contributed by atoms with Gasteiger partial charge in [-0.1, -0.05) is 38.8 Å². The van der Waals surface area contributed by atoms with Gasteiger partial charge in [0.2, 0.25) is 0 Å². The maximum absolute atomic E-state index is 11.9. The fraction of sp³-hybridized carbons (Fsp3) is 0.857. The average Bonchev–Trinajstić information content (AvgIpc) is 2.84. The van der Waals surface area contributed by atoms with Gasteiger partial charge in [0, 0.05) is 12.8 Å². The molecule has 0 aliphatic heterocycles. The maximum Gasteiger partial charge on any atom is 0.133 e. The van der Waals surface area contributed by atoms with E-state index in [1.807, 2.05) is 5.57 Å². The van der Waals surface area contributed by atoms with E-state index in [1.165, 1.54) is 44.9 Å². The predicted octanol–water partition coefficient (Wildman–Crippen LogP) is 5.54. The summed E-state index contributed by atoms with van der Waals surface area (Å²) in [6.45, 7) is 7.48. The second-order valence-electron chi connectivity index (χ2n) is 9.19. The first kappa shape index (κ1) is 15.0. The molecule has 1 heteroatoms. The topological polar surface area (TPSA) is 17.1 Å². The van der Waals surface area contributed by atoms with E-state index in [0.29, 0.717) is 22.5 Å². The second kappa shape index (κ2) is 4.95. The largest absolute Gasteiger partial charge is 0.300 e. The highest BCUT2D eigenvalue weighted by Crippen LogP contribution is 2.65. The van der Waals surface area contributed by atoms with Gasteiger partial charge in [-0.15, -0.1) is 0 Å². The lowest BCUT2D eigenvalue weighted by molar-refractivity contribution is -0.131. The Bertz CT molecular complexity index is 518. The van der Waals surface area contributed by atoms with Crippen LogP contribution in [0.2, 0.25) is 0 Å². The van der Waals surface area contributed by atoms with Crippen LogP contribution in [0.15, 0.2) is 11.6 Å². The molecule has 0 unspecified atom stereocenters. The number of rotatable bonds is 1. The third-order valence-electron chi connectivity index (χ3n) is 8.56. The van der Waals surface area contributed by atoms with E-state index in [9.17, 15) is 4.79 Å². The smallest absolute Gasteiger partial charge is 0.133 e. The van der Waals surface area contributed by atoms with E-state index in [4.69, 9.17) is 0 Å². The molecule has 0 aromatic carbocycles. The molecule has 4 aliphatic carbocycles. The van der Waals surface area contributed by atoms with Gasteiger partial charge in [0.15, 0.2) is 0 Å². The molecule has 0 heterocycles. The molecule has 122 valence electrons. The highest BCUT2D eigenvalue weighted by molar-refractivity contribution is 5.79. The third-order valence-corrected chi connectivity index (χ3v) is 8.56. The van der Waals surface area contributed by atoms with E-state index in [1.54, 1.807) is 0 Å². The van der Waals surface area contributed by atoms with Crippen LogP contribution < -0.4 is 0 Å². The minimum atomic E-state index is 0.448. The minimum absolute atomic E-state index is 0.448. The summed E-state index contributed by atoms with van der Waals surface area (Å²) in [5, 5.41) is 0. The Balaban J connectivity index is 1.65. The van der Waals surface area contributed by atoms with Crippen molar-refractivity contribution in [1.29, 1.82) is 0 Å². The molecule has 0 bridgehead atoms. The molecule has 4 rings (SSSR count). The molecule has 0 aromatic rings. The summed E-state index contributed by atoms with van der Waals surface area (Å²) < 4.78 is 0. The SMILES string of the molecule is CC[C@H]1CC=C2[C@@H]3CC[C@@H]4CC(=O)CC[C@]4(C)[C@H]3CC[C@@]21C. The Morgan fingerprint density at radius 2 is 2.00 bits per heavy atom. The van der Waals surface area contributed by atoms with Crippen LogP contribution in [-0.4, -0.2) is 5.78 Å². The van der Waals surface area contributed by atoms with Crippen molar-refractivity contribution in [2.24, 2.45) is 34.5 Å². The van der Waals surface area contributed by atoms with Gasteiger partial charge in [0.1, 0.15) is 5.78 Å². The van der Waals surface area contributed by atoms with Crippen molar-refractivity contribution in [2.75, 3.05) is 0 Å². The standard InChI is InChI=1S/C21H32O/c1-4-14-6-8-18-17-7-5-15-13-16(22)9-11-21(15,3)19(17)10-12-20(14,18)2/h8,14-15,17,19H,4-7,9-13H2,1-3H3/t14-,15+,17-,19-,20+,21-/m0/s1. The number of hydrogen-bond donors (Lipinski definition) is 0. The van der Waals surface area contributed by atoms with Crippen molar-refractivity contribution < 1.29 is 4.79 Å². The number of Topliss-reactive ketones (excluding diaryl/α,β-unsaturated/α-hetero) is 1. The highest BCUT2D eigenvalue weighted by atomic mass is 16.1. The van der Waals surface area contributed by atoms with E-state index >= 15 is 0 Å². The molecule has 0 radical (unpaired) electrons. The van der Waals surface area contributed by atoms with Crippen molar-refractivity contribution in [1.82, 2.24) is 0 Å². The zero-order valence-corrected chi connectivity index (χ0v) is 14.7. The second-order valence-corrected chi connectivity index (χ2v) is 9.19. The van der Waals surface area contributed by atoms with Crippen LogP contribution in [0, 0.1) is 34.5 Å². The van der Waals surface area contributed by atoms with Gasteiger partial charge in [-0.05, 0) is 73.0 Å². The highest BCUT2D eigenvalue weighted by Gasteiger charge is 2.57. The monoisotopic (exact) mass is 300 g/mol. The first-order valence-electron chi connectivity index (χ1n) is 9.71. The van der Waals surface area contributed by atoms with Crippen LogP contribution in [-0.2, 0) is 4.79 Å². The number of allylic oxidation sites excluding steroid dienone is 2. The lowest BCUT2D eigenvalue weighted by Gasteiger charge is -2.58. The van der Waals surface area contributed by atoms with Crippen LogP contribution in [0.25, 0.3) is 0 Å². The Hall–Kier alpha value is -0.590. The Morgan fingerprint density at radius 1 is 1.18 bits per heavy atom. The van der Waals surface area contributed by atoms with Gasteiger partial charge in [0.05, 0.1) is 0 Å². The molecule has 0 amide bonds. The van der Waals surface area contributed by atoms with E-state index < -0.39 is 0 Å². The van der Waals surface area contributed by atoms with E-state index in [0.717, 1.165) is 30.6 Å². The molecule has 0 aromatic heterocycles. The Labute approximate surface area is 135 Å². The van der Waals surface area contributed by atoms with Gasteiger partial charge in [-0.25, -0.2) is 0 Å². The van der Waals surface area contributed by atoms with Crippen molar-refractivity contribution in [3.8, 4) is 0 Å². The third kappa shape index (κ3) is 1.86. The molecule has 3 saturated carbocycles. The number of ketones is 1. The normalized spacial score (nSPS) is 50.9. The molecule has 0 spiro atoms. The summed E-state index contributed by atoms with van der Waals surface area (Å²) in [7, 11) is 0. The Kier molecular flexibility index (Phi) is 3.37. The van der Waals surface area contributed by atoms with E-state index in [2.05, 4.69) is 26.8 Å². The average molecular weight is 300 g/mol. The molecule has 4 aliphatic rings. The predicted molar refractivity (Wildman–Crippen MR) is 90.5 cm³/mol. The summed E-state index contributed by atoms with van der Waals surface area (Å²) in [5.74, 6) is 3.80. The van der Waals surface area contributed by atoms with Crippen LogP contribution in [0.5, 0.6) is 0 Å². The minimum Gasteiger partial charge on any atom is -0.300 e. The summed E-state index contributed by atoms with van der Waals surface area (Å²) in [4.78, 5) is 11.9. The molecular weight excluding hydrogens is 268 g/mol. The molecule has 3 fully saturated rings. The molecular formula is C21H32O. The molecule has 22 heavy (non-hydrogen) atoms. The van der Waals surface area contributed by atoms with Gasteiger partial charge < -0.3 is 0 Å². The van der Waals surface area contributed by atoms with Crippen LogP contribution >= 0.6 is 0 Å². The summed E-state index contributed by atoms with van der Waals surface area (Å²) in [6, 6.07) is 0. The number of hydrogen-bond acceptors (Lipinski definition) is 1. The molecule has 1 nitrogen and oxygen atoms in total. The first-order chi connectivity index (χ1) is 10.5. The number of fused-ring (bicyclic) bond motifs is 5. The zero-order chi connectivity index (χ0) is 15.5. The zero-order valence-electron chi connectivity index (χ0n) is 14.7. The molecule has 6 atom stereocenters. The fourth-order valence-corrected chi connectivity index (χ4v) is 7.08. The van der Waals surface area contributed by atoms with Crippen molar-refractivity contribution >= 4 is 5.78 Å². The van der Waals surface area contributed by atoms with Crippen molar-refractivity contribution in [2.45, 2.75) is 78.6 Å². The Morgan fingerprint density at radius 3 is 2.77 bits per heavy atom.